The van der Waals surface area contributed by atoms with E-state index in [-0.39, 0.29) is 17.1 Å². The standard InChI is InChI=1S/C24H34ClFO3/c25-22-11-3-18(15-23(22)26)16-29-21-9-7-20(8-10-21)19-5-1-17(2-6-19)4-12-24-27-13-14-28-24/h3,11,15,17,19-21,24H,1-2,4-10,12-14,16H2/t17-,19-,20-,21-. The molecule has 2 aliphatic carbocycles. The first-order valence-electron chi connectivity index (χ1n) is 11.5. The summed E-state index contributed by atoms with van der Waals surface area (Å²) in [7, 11) is 0. The van der Waals surface area contributed by atoms with Gasteiger partial charge in [-0.15, -0.1) is 0 Å². The van der Waals surface area contributed by atoms with Gasteiger partial charge in [-0.2, -0.15) is 0 Å². The Morgan fingerprint density at radius 3 is 2.21 bits per heavy atom. The van der Waals surface area contributed by atoms with Gasteiger partial charge in [-0.1, -0.05) is 30.5 Å². The van der Waals surface area contributed by atoms with Gasteiger partial charge < -0.3 is 14.2 Å². The average molecular weight is 425 g/mol. The fourth-order valence-corrected chi connectivity index (χ4v) is 5.58. The van der Waals surface area contributed by atoms with Crippen molar-refractivity contribution in [2.75, 3.05) is 13.2 Å². The second-order valence-electron chi connectivity index (χ2n) is 9.13. The Bertz CT molecular complexity index is 633. The number of hydrogen-bond donors (Lipinski definition) is 0. The molecule has 1 aromatic carbocycles. The van der Waals surface area contributed by atoms with Crippen molar-refractivity contribution < 1.29 is 18.6 Å². The Hall–Kier alpha value is -0.680. The molecule has 3 aliphatic rings. The topological polar surface area (TPSA) is 27.7 Å². The van der Waals surface area contributed by atoms with E-state index in [0.29, 0.717) is 12.7 Å². The maximum absolute atomic E-state index is 13.6. The molecule has 1 aliphatic heterocycles. The summed E-state index contributed by atoms with van der Waals surface area (Å²) >= 11 is 5.75. The van der Waals surface area contributed by atoms with Crippen LogP contribution in [0, 0.1) is 23.6 Å². The minimum Gasteiger partial charge on any atom is -0.374 e. The van der Waals surface area contributed by atoms with Gasteiger partial charge in [-0.05, 0) is 86.8 Å². The highest BCUT2D eigenvalue weighted by Gasteiger charge is 2.31. The molecular weight excluding hydrogens is 391 g/mol. The lowest BCUT2D eigenvalue weighted by atomic mass is 9.70. The molecule has 0 bridgehead atoms. The van der Waals surface area contributed by atoms with Crippen LogP contribution >= 0.6 is 11.6 Å². The van der Waals surface area contributed by atoms with Crippen LogP contribution in [0.3, 0.4) is 0 Å². The van der Waals surface area contributed by atoms with Gasteiger partial charge in [0, 0.05) is 0 Å². The predicted octanol–water partition coefficient (Wildman–Crippen LogP) is 6.51. The molecule has 0 atom stereocenters. The van der Waals surface area contributed by atoms with Crippen molar-refractivity contribution in [2.24, 2.45) is 17.8 Å². The van der Waals surface area contributed by atoms with Crippen molar-refractivity contribution in [1.29, 1.82) is 0 Å². The minimum atomic E-state index is -0.365. The van der Waals surface area contributed by atoms with Gasteiger partial charge in [0.05, 0.1) is 30.9 Å². The van der Waals surface area contributed by atoms with Crippen LogP contribution in [0.15, 0.2) is 18.2 Å². The molecule has 3 nitrogen and oxygen atoms in total. The van der Waals surface area contributed by atoms with Crippen molar-refractivity contribution in [3.05, 3.63) is 34.6 Å². The minimum absolute atomic E-state index is 0.0624. The van der Waals surface area contributed by atoms with Crippen molar-refractivity contribution in [1.82, 2.24) is 0 Å². The van der Waals surface area contributed by atoms with Crippen molar-refractivity contribution in [3.8, 4) is 0 Å². The first kappa shape index (κ1) is 21.5. The molecule has 1 saturated heterocycles. The van der Waals surface area contributed by atoms with Crippen LogP contribution in [-0.4, -0.2) is 25.6 Å². The summed E-state index contributed by atoms with van der Waals surface area (Å²) in [5, 5.41) is 0.171. The summed E-state index contributed by atoms with van der Waals surface area (Å²) in [6, 6.07) is 4.94. The molecule has 5 heteroatoms. The normalized spacial score (nSPS) is 31.2. The molecule has 0 amide bonds. The quantitative estimate of drug-likeness (QED) is 0.499. The highest BCUT2D eigenvalue weighted by atomic mass is 35.5. The summed E-state index contributed by atoms with van der Waals surface area (Å²) in [5.41, 5.74) is 0.862. The van der Waals surface area contributed by atoms with E-state index in [2.05, 4.69) is 0 Å². The fraction of sp³-hybridized carbons (Fsp3) is 0.750. The van der Waals surface area contributed by atoms with Gasteiger partial charge >= 0.3 is 0 Å². The van der Waals surface area contributed by atoms with Gasteiger partial charge in [0.25, 0.3) is 0 Å². The Kier molecular flexibility index (Phi) is 7.85. The Morgan fingerprint density at radius 2 is 1.55 bits per heavy atom. The fourth-order valence-electron chi connectivity index (χ4n) is 5.46. The Balaban J connectivity index is 1.12. The monoisotopic (exact) mass is 424 g/mol. The zero-order valence-electron chi connectivity index (χ0n) is 17.3. The summed E-state index contributed by atoms with van der Waals surface area (Å²) in [5.74, 6) is 2.26. The second kappa shape index (κ2) is 10.6. The highest BCUT2D eigenvalue weighted by Crippen LogP contribution is 2.41. The lowest BCUT2D eigenvalue weighted by Crippen LogP contribution is -2.28. The zero-order chi connectivity index (χ0) is 20.1. The van der Waals surface area contributed by atoms with Crippen molar-refractivity contribution in [3.63, 3.8) is 0 Å². The van der Waals surface area contributed by atoms with Crippen LogP contribution in [0.5, 0.6) is 0 Å². The number of halogens is 2. The zero-order valence-corrected chi connectivity index (χ0v) is 18.0. The predicted molar refractivity (Wildman–Crippen MR) is 112 cm³/mol. The SMILES string of the molecule is Fc1cc(CO[C@H]2CC[C@H]([C@H]3CC[C@H](CCC4OCCO4)CC3)CC2)ccc1Cl. The van der Waals surface area contributed by atoms with Crippen LogP contribution in [-0.2, 0) is 20.8 Å². The first-order chi connectivity index (χ1) is 14.2. The molecule has 0 unspecified atom stereocenters. The molecule has 0 N–H and O–H groups in total. The molecule has 1 aromatic rings. The van der Waals surface area contributed by atoms with Crippen LogP contribution in [0.1, 0.15) is 69.8 Å². The maximum Gasteiger partial charge on any atom is 0.157 e. The van der Waals surface area contributed by atoms with Crippen molar-refractivity contribution >= 4 is 11.6 Å². The van der Waals surface area contributed by atoms with E-state index in [4.69, 9.17) is 25.8 Å². The number of rotatable bonds is 7. The molecule has 3 fully saturated rings. The van der Waals surface area contributed by atoms with Crippen LogP contribution in [0.25, 0.3) is 0 Å². The van der Waals surface area contributed by atoms with E-state index in [1.807, 2.05) is 6.07 Å². The summed E-state index contributed by atoms with van der Waals surface area (Å²) in [4.78, 5) is 0. The number of benzene rings is 1. The molecule has 162 valence electrons. The average Bonchev–Trinajstić information content (AvgIpc) is 3.28. The number of ether oxygens (including phenoxy) is 3. The molecule has 0 spiro atoms. The van der Waals surface area contributed by atoms with E-state index in [0.717, 1.165) is 55.8 Å². The smallest absolute Gasteiger partial charge is 0.157 e. The highest BCUT2D eigenvalue weighted by molar-refractivity contribution is 6.30. The van der Waals surface area contributed by atoms with E-state index in [1.165, 1.54) is 51.0 Å². The van der Waals surface area contributed by atoms with Gasteiger partial charge in [-0.3, -0.25) is 0 Å². The van der Waals surface area contributed by atoms with Crippen LogP contribution in [0.2, 0.25) is 5.02 Å². The molecule has 29 heavy (non-hydrogen) atoms. The molecule has 4 rings (SSSR count). The van der Waals surface area contributed by atoms with Gasteiger partial charge in [0.2, 0.25) is 0 Å². The van der Waals surface area contributed by atoms with Crippen molar-refractivity contribution in [2.45, 2.75) is 83.2 Å². The molecule has 0 aromatic heterocycles. The maximum atomic E-state index is 13.6. The van der Waals surface area contributed by atoms with Gasteiger partial charge in [-0.25, -0.2) is 4.39 Å². The van der Waals surface area contributed by atoms with Crippen LogP contribution in [0.4, 0.5) is 4.39 Å². The van der Waals surface area contributed by atoms with Gasteiger partial charge in [0.1, 0.15) is 5.82 Å². The third-order valence-electron chi connectivity index (χ3n) is 7.25. The molecule has 1 heterocycles. The molecule has 0 radical (unpaired) electrons. The summed E-state index contributed by atoms with van der Waals surface area (Å²) < 4.78 is 30.8. The summed E-state index contributed by atoms with van der Waals surface area (Å²) in [6.07, 6.45) is 13.0. The van der Waals surface area contributed by atoms with Crippen LogP contribution < -0.4 is 0 Å². The third-order valence-corrected chi connectivity index (χ3v) is 7.55. The Morgan fingerprint density at radius 1 is 0.897 bits per heavy atom. The van der Waals surface area contributed by atoms with E-state index in [1.54, 1.807) is 6.07 Å². The van der Waals surface area contributed by atoms with E-state index < -0.39 is 0 Å². The molecule has 2 saturated carbocycles. The molecular formula is C24H34ClFO3. The Labute approximate surface area is 179 Å². The van der Waals surface area contributed by atoms with E-state index >= 15 is 0 Å². The first-order valence-corrected chi connectivity index (χ1v) is 11.8. The second-order valence-corrected chi connectivity index (χ2v) is 9.53. The lowest BCUT2D eigenvalue weighted by Gasteiger charge is -2.38. The summed E-state index contributed by atoms with van der Waals surface area (Å²) in [6.45, 7) is 2.00. The largest absolute Gasteiger partial charge is 0.374 e. The number of hydrogen-bond acceptors (Lipinski definition) is 3. The van der Waals surface area contributed by atoms with E-state index in [9.17, 15) is 4.39 Å². The lowest BCUT2D eigenvalue weighted by molar-refractivity contribution is -0.0516. The third kappa shape index (κ3) is 6.16. The van der Waals surface area contributed by atoms with Gasteiger partial charge in [0.15, 0.2) is 6.29 Å².